The molecule has 0 spiro atoms. The summed E-state index contributed by atoms with van der Waals surface area (Å²) in [5.74, 6) is 1.60. The minimum atomic E-state index is 0.724. The Hall–Kier alpha value is -1.26. The van der Waals surface area contributed by atoms with Gasteiger partial charge in [0.15, 0.2) is 5.96 Å². The molecule has 5 heteroatoms. The van der Waals surface area contributed by atoms with E-state index >= 15 is 0 Å². The summed E-state index contributed by atoms with van der Waals surface area (Å²) in [6.45, 7) is 7.62. The number of aliphatic imine (C=N–C) groups is 1. The number of nitrogens with zero attached hydrogens (tertiary/aromatic N) is 2. The molecule has 2 rings (SSSR count). The van der Waals surface area contributed by atoms with Crippen LogP contribution in [-0.4, -0.2) is 50.6 Å². The Bertz CT molecular complexity index is 489. The van der Waals surface area contributed by atoms with Crippen LogP contribution in [0.15, 0.2) is 29.3 Å². The lowest BCUT2D eigenvalue weighted by Gasteiger charge is -2.16. The van der Waals surface area contributed by atoms with Gasteiger partial charge in [0.25, 0.3) is 0 Å². The molecule has 1 aliphatic rings. The Kier molecular flexibility index (Phi) is 7.00. The zero-order valence-electron chi connectivity index (χ0n) is 13.6. The van der Waals surface area contributed by atoms with Gasteiger partial charge in [0.05, 0.1) is 0 Å². The standard InChI is InChI=1S/C17H27ClN4/c1-3-22-11-9-14(13-22)12-21-17(19-2)20-10-8-15-6-4-5-7-16(15)18/h4-7,14H,3,8-13H2,1-2H3,(H2,19,20,21). The first-order valence-electron chi connectivity index (χ1n) is 8.13. The molecule has 2 N–H and O–H groups in total. The van der Waals surface area contributed by atoms with Crippen molar-refractivity contribution in [2.24, 2.45) is 10.9 Å². The molecule has 122 valence electrons. The molecule has 1 heterocycles. The first kappa shape index (κ1) is 17.1. The van der Waals surface area contributed by atoms with E-state index < -0.39 is 0 Å². The third-order valence-corrected chi connectivity index (χ3v) is 4.61. The van der Waals surface area contributed by atoms with Gasteiger partial charge in [-0.05, 0) is 43.5 Å². The number of hydrogen-bond donors (Lipinski definition) is 2. The number of nitrogens with one attached hydrogen (secondary N) is 2. The van der Waals surface area contributed by atoms with Crippen molar-refractivity contribution in [1.82, 2.24) is 15.5 Å². The van der Waals surface area contributed by atoms with Crippen LogP contribution < -0.4 is 10.6 Å². The lowest BCUT2D eigenvalue weighted by atomic mass is 10.1. The van der Waals surface area contributed by atoms with Crippen molar-refractivity contribution >= 4 is 17.6 Å². The Morgan fingerprint density at radius 1 is 1.36 bits per heavy atom. The van der Waals surface area contributed by atoms with Crippen LogP contribution in [0.3, 0.4) is 0 Å². The third kappa shape index (κ3) is 5.18. The molecule has 0 radical (unpaired) electrons. The highest BCUT2D eigenvalue weighted by Crippen LogP contribution is 2.15. The van der Waals surface area contributed by atoms with Gasteiger partial charge in [0, 0.05) is 31.7 Å². The number of benzene rings is 1. The normalized spacial score (nSPS) is 19.4. The van der Waals surface area contributed by atoms with E-state index in [0.29, 0.717) is 0 Å². The molecular weight excluding hydrogens is 296 g/mol. The predicted molar refractivity (Wildman–Crippen MR) is 94.7 cm³/mol. The molecule has 0 aromatic heterocycles. The molecule has 1 aromatic carbocycles. The molecule has 0 bridgehead atoms. The van der Waals surface area contributed by atoms with Crippen LogP contribution in [-0.2, 0) is 6.42 Å². The van der Waals surface area contributed by atoms with E-state index in [4.69, 9.17) is 11.6 Å². The Balaban J connectivity index is 1.68. The summed E-state index contributed by atoms with van der Waals surface area (Å²) >= 11 is 6.17. The second-order valence-electron chi connectivity index (χ2n) is 5.77. The van der Waals surface area contributed by atoms with Crippen LogP contribution in [0.5, 0.6) is 0 Å². The van der Waals surface area contributed by atoms with Gasteiger partial charge in [-0.3, -0.25) is 4.99 Å². The smallest absolute Gasteiger partial charge is 0.190 e. The average Bonchev–Trinajstić information content (AvgIpc) is 3.00. The fraction of sp³-hybridized carbons (Fsp3) is 0.588. The maximum atomic E-state index is 6.17. The van der Waals surface area contributed by atoms with Crippen LogP contribution in [0.25, 0.3) is 0 Å². The number of hydrogen-bond acceptors (Lipinski definition) is 2. The quantitative estimate of drug-likeness (QED) is 0.624. The zero-order valence-corrected chi connectivity index (χ0v) is 14.4. The molecule has 1 fully saturated rings. The van der Waals surface area contributed by atoms with Crippen molar-refractivity contribution in [1.29, 1.82) is 0 Å². The average molecular weight is 323 g/mol. The van der Waals surface area contributed by atoms with Crippen LogP contribution in [0.1, 0.15) is 18.9 Å². The van der Waals surface area contributed by atoms with E-state index in [1.807, 2.05) is 25.2 Å². The Morgan fingerprint density at radius 3 is 2.86 bits per heavy atom. The first-order valence-corrected chi connectivity index (χ1v) is 8.51. The van der Waals surface area contributed by atoms with E-state index in [0.717, 1.165) is 43.0 Å². The highest BCUT2D eigenvalue weighted by molar-refractivity contribution is 6.31. The summed E-state index contributed by atoms with van der Waals surface area (Å²) < 4.78 is 0. The summed E-state index contributed by atoms with van der Waals surface area (Å²) in [5.41, 5.74) is 1.17. The largest absolute Gasteiger partial charge is 0.356 e. The van der Waals surface area contributed by atoms with Gasteiger partial charge in [-0.15, -0.1) is 0 Å². The number of halogens is 1. The number of likely N-dealkylation sites (tertiary alicyclic amines) is 1. The monoisotopic (exact) mass is 322 g/mol. The summed E-state index contributed by atoms with van der Waals surface area (Å²) in [6, 6.07) is 7.98. The summed E-state index contributed by atoms with van der Waals surface area (Å²) in [5, 5.41) is 7.63. The maximum absolute atomic E-state index is 6.17. The van der Waals surface area contributed by atoms with Crippen molar-refractivity contribution < 1.29 is 0 Å². The van der Waals surface area contributed by atoms with Crippen molar-refractivity contribution in [3.05, 3.63) is 34.9 Å². The molecule has 1 unspecified atom stereocenters. The molecule has 1 saturated heterocycles. The third-order valence-electron chi connectivity index (χ3n) is 4.24. The van der Waals surface area contributed by atoms with Gasteiger partial charge in [-0.2, -0.15) is 0 Å². The van der Waals surface area contributed by atoms with E-state index in [9.17, 15) is 0 Å². The van der Waals surface area contributed by atoms with E-state index in [1.54, 1.807) is 0 Å². The minimum absolute atomic E-state index is 0.724. The molecule has 0 saturated carbocycles. The minimum Gasteiger partial charge on any atom is -0.356 e. The van der Waals surface area contributed by atoms with Gasteiger partial charge >= 0.3 is 0 Å². The van der Waals surface area contributed by atoms with Gasteiger partial charge in [-0.1, -0.05) is 36.7 Å². The fourth-order valence-electron chi connectivity index (χ4n) is 2.85. The van der Waals surface area contributed by atoms with Crippen molar-refractivity contribution in [2.75, 3.05) is 39.8 Å². The molecule has 0 amide bonds. The second kappa shape index (κ2) is 9.01. The van der Waals surface area contributed by atoms with E-state index in [1.165, 1.54) is 25.1 Å². The highest BCUT2D eigenvalue weighted by atomic mass is 35.5. The maximum Gasteiger partial charge on any atom is 0.190 e. The first-order chi connectivity index (χ1) is 10.7. The fourth-order valence-corrected chi connectivity index (χ4v) is 3.08. The van der Waals surface area contributed by atoms with Crippen molar-refractivity contribution in [2.45, 2.75) is 19.8 Å². The zero-order chi connectivity index (χ0) is 15.8. The Labute approximate surface area is 138 Å². The summed E-state index contributed by atoms with van der Waals surface area (Å²) in [6.07, 6.45) is 2.17. The van der Waals surface area contributed by atoms with Crippen LogP contribution >= 0.6 is 11.6 Å². The van der Waals surface area contributed by atoms with E-state index in [2.05, 4.69) is 33.5 Å². The highest BCUT2D eigenvalue weighted by Gasteiger charge is 2.20. The van der Waals surface area contributed by atoms with Gasteiger partial charge in [0.1, 0.15) is 0 Å². The molecule has 0 aliphatic carbocycles. The SMILES string of the molecule is CCN1CCC(CNC(=NC)NCCc2ccccc2Cl)C1. The lowest BCUT2D eigenvalue weighted by Crippen LogP contribution is -2.41. The Morgan fingerprint density at radius 2 is 2.18 bits per heavy atom. The van der Waals surface area contributed by atoms with Crippen LogP contribution in [0, 0.1) is 5.92 Å². The molecular formula is C17H27ClN4. The van der Waals surface area contributed by atoms with Crippen LogP contribution in [0.2, 0.25) is 5.02 Å². The van der Waals surface area contributed by atoms with Gasteiger partial charge in [0.2, 0.25) is 0 Å². The number of rotatable bonds is 6. The second-order valence-corrected chi connectivity index (χ2v) is 6.18. The molecule has 22 heavy (non-hydrogen) atoms. The molecule has 1 aromatic rings. The van der Waals surface area contributed by atoms with E-state index in [-0.39, 0.29) is 0 Å². The van der Waals surface area contributed by atoms with Crippen molar-refractivity contribution in [3.8, 4) is 0 Å². The summed E-state index contributed by atoms with van der Waals surface area (Å²) in [7, 11) is 1.82. The molecule has 4 nitrogen and oxygen atoms in total. The summed E-state index contributed by atoms with van der Waals surface area (Å²) in [4.78, 5) is 6.79. The van der Waals surface area contributed by atoms with Crippen molar-refractivity contribution in [3.63, 3.8) is 0 Å². The topological polar surface area (TPSA) is 39.7 Å². The lowest BCUT2D eigenvalue weighted by molar-refractivity contribution is 0.342. The molecule has 1 aliphatic heterocycles. The predicted octanol–water partition coefficient (Wildman–Crippen LogP) is 2.39. The van der Waals surface area contributed by atoms with Gasteiger partial charge in [-0.25, -0.2) is 0 Å². The van der Waals surface area contributed by atoms with Gasteiger partial charge < -0.3 is 15.5 Å². The number of guanidine groups is 1. The van der Waals surface area contributed by atoms with Crippen LogP contribution in [0.4, 0.5) is 0 Å². The molecule has 1 atom stereocenters.